The van der Waals surface area contributed by atoms with E-state index in [1.807, 2.05) is 41.5 Å². The van der Waals surface area contributed by atoms with E-state index in [0.29, 0.717) is 57.8 Å². The van der Waals surface area contributed by atoms with Gasteiger partial charge in [0.05, 0.1) is 16.5 Å². The minimum atomic E-state index is -3.66. The van der Waals surface area contributed by atoms with Gasteiger partial charge in [0.15, 0.2) is 9.84 Å². The molecule has 61 heavy (non-hydrogen) atoms. The van der Waals surface area contributed by atoms with Gasteiger partial charge < -0.3 is 30.9 Å². The summed E-state index contributed by atoms with van der Waals surface area (Å²) >= 11 is 0. The molecule has 4 aliphatic rings. The van der Waals surface area contributed by atoms with Crippen molar-refractivity contribution in [2.75, 3.05) is 18.8 Å². The number of amides is 5. The van der Waals surface area contributed by atoms with Crippen LogP contribution in [-0.2, 0) is 38.5 Å². The number of sulfone groups is 1. The molecule has 0 spiro atoms. The number of nitrogens with one attached hydrogen (secondary N) is 4. The molecule has 4 rings (SSSR count). The van der Waals surface area contributed by atoms with Gasteiger partial charge in [0.1, 0.15) is 23.7 Å². The Hall–Kier alpha value is -3.49. The van der Waals surface area contributed by atoms with Crippen molar-refractivity contribution in [2.24, 2.45) is 28.6 Å². The fourth-order valence-corrected chi connectivity index (χ4v) is 11.0. The molecule has 5 amide bonds. The lowest BCUT2D eigenvalue weighted by molar-refractivity contribution is -0.146. The van der Waals surface area contributed by atoms with E-state index in [9.17, 15) is 37.2 Å². The van der Waals surface area contributed by atoms with Gasteiger partial charge in [-0.1, -0.05) is 86.1 Å². The maximum absolute atomic E-state index is 14.9. The van der Waals surface area contributed by atoms with Crippen molar-refractivity contribution in [3.8, 4) is 0 Å². The summed E-state index contributed by atoms with van der Waals surface area (Å²) in [7, 11) is -3.66. The molecule has 1 aliphatic heterocycles. The molecule has 1 heterocycles. The molecule has 4 fully saturated rings. The largest absolute Gasteiger partial charge is 0.442 e. The van der Waals surface area contributed by atoms with E-state index >= 15 is 0 Å². The number of nitrogens with zero attached hydrogens (tertiary/aromatic N) is 1. The van der Waals surface area contributed by atoms with E-state index in [2.05, 4.69) is 27.8 Å². The summed E-state index contributed by atoms with van der Waals surface area (Å²) in [6.45, 7) is 20.4. The molecule has 0 aromatic carbocycles. The number of hydrogen-bond acceptors (Lipinski definition) is 9. The Kier molecular flexibility index (Phi) is 16.7. The van der Waals surface area contributed by atoms with Gasteiger partial charge in [0.25, 0.3) is 5.91 Å². The summed E-state index contributed by atoms with van der Waals surface area (Å²) in [6.07, 6.45) is 11.0. The second-order valence-electron chi connectivity index (χ2n) is 21.4. The van der Waals surface area contributed by atoms with Gasteiger partial charge in [0, 0.05) is 13.1 Å². The van der Waals surface area contributed by atoms with Crippen molar-refractivity contribution < 1.29 is 41.9 Å². The van der Waals surface area contributed by atoms with Crippen LogP contribution in [0.1, 0.15) is 159 Å². The van der Waals surface area contributed by atoms with E-state index in [1.54, 1.807) is 20.8 Å². The molecule has 1 saturated heterocycles. The van der Waals surface area contributed by atoms with Crippen molar-refractivity contribution in [3.63, 3.8) is 0 Å². The van der Waals surface area contributed by atoms with Gasteiger partial charge in [0.2, 0.25) is 23.5 Å². The Labute approximate surface area is 365 Å². The first-order valence-electron chi connectivity index (χ1n) is 22.9. The van der Waals surface area contributed by atoms with Gasteiger partial charge in [-0.05, 0) is 107 Å². The van der Waals surface area contributed by atoms with E-state index < -0.39 is 90.7 Å². The van der Waals surface area contributed by atoms with Crippen LogP contribution in [0.4, 0.5) is 4.79 Å². The molecule has 0 aromatic rings. The monoisotopic (exact) mass is 876 g/mol. The van der Waals surface area contributed by atoms with Gasteiger partial charge >= 0.3 is 6.09 Å². The second-order valence-corrected chi connectivity index (χ2v) is 24.1. The molecular formula is C46H77N5O9S. The van der Waals surface area contributed by atoms with Crippen LogP contribution < -0.4 is 21.3 Å². The van der Waals surface area contributed by atoms with Crippen molar-refractivity contribution >= 4 is 45.3 Å². The number of carbonyl (C=O) groups excluding carboxylic acids is 6. The number of alkyl carbamates (subject to hydrolysis) is 1. The standard InChI is InChI=1S/C46H77N5O9S/c1-11-25-47-39(54)35(52)33(28-31-18-19-31)48-38(53)34-32(27-30(2)3)20-26-51(34)41(56)37(43(4,5)6)49-40(55)36(45(10)21-14-12-15-22-45)50-42(57)60-46(23-16-13-17-24-46)29-61(58,59)44(7,8)9/h11,30-34,36-37H,1,12-29H2,2-10H3,(H,47,54)(H,48,53)(H,49,55)(H,50,57)/t32-,33?,34+,36-,37-/m1/s1. The van der Waals surface area contributed by atoms with Crippen LogP contribution in [0.2, 0.25) is 0 Å². The maximum Gasteiger partial charge on any atom is 0.408 e. The minimum Gasteiger partial charge on any atom is -0.442 e. The predicted octanol–water partition coefficient (Wildman–Crippen LogP) is 5.92. The first-order chi connectivity index (χ1) is 28.3. The summed E-state index contributed by atoms with van der Waals surface area (Å²) in [6, 6.07) is -4.22. The third-order valence-corrected chi connectivity index (χ3v) is 16.2. The zero-order chi connectivity index (χ0) is 45.6. The molecule has 3 aliphatic carbocycles. The number of hydrogen-bond donors (Lipinski definition) is 4. The molecule has 4 N–H and O–H groups in total. The highest BCUT2D eigenvalue weighted by atomic mass is 32.2. The quantitative estimate of drug-likeness (QED) is 0.0955. The highest BCUT2D eigenvalue weighted by Gasteiger charge is 2.50. The summed E-state index contributed by atoms with van der Waals surface area (Å²) in [4.78, 5) is 85.9. The Morgan fingerprint density at radius 1 is 0.836 bits per heavy atom. The van der Waals surface area contributed by atoms with Gasteiger partial charge in [-0.3, -0.25) is 24.0 Å². The van der Waals surface area contributed by atoms with Crippen LogP contribution >= 0.6 is 0 Å². The minimum absolute atomic E-state index is 0.106. The highest BCUT2D eigenvalue weighted by molar-refractivity contribution is 7.92. The fourth-order valence-electron chi connectivity index (χ4n) is 9.52. The van der Waals surface area contributed by atoms with Crippen LogP contribution in [-0.4, -0.2) is 102 Å². The number of Topliss-reactive ketones (excluding diaryl/α,β-unsaturated/α-hetero) is 1. The van der Waals surface area contributed by atoms with Crippen molar-refractivity contribution in [3.05, 3.63) is 12.7 Å². The zero-order valence-electron chi connectivity index (χ0n) is 38.6. The summed E-state index contributed by atoms with van der Waals surface area (Å²) in [5.74, 6) is -3.20. The summed E-state index contributed by atoms with van der Waals surface area (Å²) in [5, 5.41) is 11.3. The third-order valence-electron chi connectivity index (χ3n) is 13.5. The number of carbonyl (C=O) groups is 6. The van der Waals surface area contributed by atoms with Crippen LogP contribution in [0.3, 0.4) is 0 Å². The lowest BCUT2D eigenvalue weighted by Gasteiger charge is -2.43. The van der Waals surface area contributed by atoms with E-state index in [4.69, 9.17) is 4.74 Å². The lowest BCUT2D eigenvalue weighted by Crippen LogP contribution is -2.64. The molecule has 0 bridgehead atoms. The predicted molar refractivity (Wildman–Crippen MR) is 236 cm³/mol. The van der Waals surface area contributed by atoms with Gasteiger partial charge in [-0.25, -0.2) is 13.2 Å². The smallest absolute Gasteiger partial charge is 0.408 e. The summed E-state index contributed by atoms with van der Waals surface area (Å²) in [5.41, 5.74) is -2.77. The van der Waals surface area contributed by atoms with E-state index in [0.717, 1.165) is 38.5 Å². The second kappa shape index (κ2) is 20.3. The highest BCUT2D eigenvalue weighted by Crippen LogP contribution is 2.41. The Bertz CT molecular complexity index is 1720. The Balaban J connectivity index is 1.62. The number of ketones is 1. The first kappa shape index (κ1) is 50.2. The molecule has 15 heteroatoms. The van der Waals surface area contributed by atoms with E-state index in [-0.39, 0.29) is 36.6 Å². The normalized spacial score (nSPS) is 23.2. The molecule has 1 unspecified atom stereocenters. The number of ether oxygens (including phenoxy) is 1. The van der Waals surface area contributed by atoms with Crippen LogP contribution in [0, 0.1) is 28.6 Å². The van der Waals surface area contributed by atoms with E-state index in [1.165, 1.54) is 11.0 Å². The molecule has 14 nitrogen and oxygen atoms in total. The molecule has 0 aromatic heterocycles. The SMILES string of the molecule is C=CCNC(=O)C(=O)C(CC1CC1)NC(=O)[C@@H]1[C@@H](CC(C)C)CCN1C(=O)[C@@H](NC(=O)[C@@H](NC(=O)OC1(CS(=O)(=O)C(C)(C)C)CCCCC1)C1(C)CCCCC1)C(C)(C)C. The average Bonchev–Trinajstić information content (AvgIpc) is 3.89. The Morgan fingerprint density at radius 3 is 1.95 bits per heavy atom. The zero-order valence-corrected chi connectivity index (χ0v) is 39.4. The average molecular weight is 876 g/mol. The van der Waals surface area contributed by atoms with Crippen LogP contribution in [0.25, 0.3) is 0 Å². The third kappa shape index (κ3) is 13.3. The van der Waals surface area contributed by atoms with Gasteiger partial charge in [-0.2, -0.15) is 0 Å². The molecule has 0 radical (unpaired) electrons. The van der Waals surface area contributed by atoms with Crippen LogP contribution in [0.5, 0.6) is 0 Å². The van der Waals surface area contributed by atoms with Crippen molar-refractivity contribution in [2.45, 2.75) is 193 Å². The lowest BCUT2D eigenvalue weighted by atomic mass is 9.70. The topological polar surface area (TPSA) is 197 Å². The van der Waals surface area contributed by atoms with Crippen LogP contribution in [0.15, 0.2) is 12.7 Å². The number of rotatable bonds is 18. The number of likely N-dealkylation sites (tertiary alicyclic amines) is 1. The van der Waals surface area contributed by atoms with Gasteiger partial charge in [-0.15, -0.1) is 6.58 Å². The molecule has 5 atom stereocenters. The maximum atomic E-state index is 14.9. The van der Waals surface area contributed by atoms with Crippen molar-refractivity contribution in [1.29, 1.82) is 0 Å². The van der Waals surface area contributed by atoms with Crippen molar-refractivity contribution in [1.82, 2.24) is 26.2 Å². The molecular weight excluding hydrogens is 799 g/mol. The molecule has 3 saturated carbocycles. The fraction of sp³-hybridized carbons (Fsp3) is 0.826. The first-order valence-corrected chi connectivity index (χ1v) is 24.5. The summed E-state index contributed by atoms with van der Waals surface area (Å²) < 4.78 is 32.0. The molecule has 346 valence electrons. The Morgan fingerprint density at radius 2 is 1.43 bits per heavy atom.